The minimum absolute atomic E-state index is 0. The summed E-state index contributed by atoms with van der Waals surface area (Å²) in [5.41, 5.74) is 0. The molecule has 2 aliphatic rings. The first kappa shape index (κ1) is 20.2. The molecule has 4 rings (SSSR count). The van der Waals surface area contributed by atoms with Crippen LogP contribution in [-0.4, -0.2) is 37.6 Å². The summed E-state index contributed by atoms with van der Waals surface area (Å²) in [5.74, 6) is 2.72. The Labute approximate surface area is 159 Å². The second-order valence-electron chi connectivity index (χ2n) is 5.80. The van der Waals surface area contributed by atoms with Gasteiger partial charge in [0.25, 0.3) is 0 Å². The first-order chi connectivity index (χ1) is 10.9. The zero-order chi connectivity index (χ0) is 15.5. The summed E-state index contributed by atoms with van der Waals surface area (Å²) in [6.07, 6.45) is 6.87. The quantitative estimate of drug-likeness (QED) is 0.647. The van der Waals surface area contributed by atoms with Gasteiger partial charge in [-0.3, -0.25) is 0 Å². The van der Waals surface area contributed by atoms with Crippen molar-refractivity contribution in [2.24, 2.45) is 17.8 Å². The van der Waals surface area contributed by atoms with Crippen molar-refractivity contribution in [3.8, 4) is 0 Å². The van der Waals surface area contributed by atoms with E-state index in [1.54, 1.807) is 7.11 Å². The van der Waals surface area contributed by atoms with Gasteiger partial charge in [0.2, 0.25) is 0 Å². The Bertz CT molecular complexity index is 395. The van der Waals surface area contributed by atoms with Gasteiger partial charge in [0.05, 0.1) is 0 Å². The number of methoxy groups -OCH3 is 1. The van der Waals surface area contributed by atoms with Crippen LogP contribution in [0, 0.1) is 36.3 Å². The molecule has 23 heavy (non-hydrogen) atoms. The van der Waals surface area contributed by atoms with E-state index in [-0.39, 0.29) is 25.3 Å². The van der Waals surface area contributed by atoms with Crippen molar-refractivity contribution < 1.29 is 6.16 Å². The third-order valence-electron chi connectivity index (χ3n) is 4.21. The molecule has 2 fully saturated rings. The van der Waals surface area contributed by atoms with E-state index in [9.17, 15) is 0 Å². The number of benzene rings is 2. The van der Waals surface area contributed by atoms with E-state index >= 15 is 0 Å². The van der Waals surface area contributed by atoms with Gasteiger partial charge in [-0.15, -0.1) is 0 Å². The molecular weight excluding hydrogens is 387 g/mol. The van der Waals surface area contributed by atoms with Crippen LogP contribution in [0.1, 0.15) is 20.7 Å². The number of hydrogen-bond acceptors (Lipinski definition) is 1. The zero-order valence-electron chi connectivity index (χ0n) is 13.8. The number of fused-ring (bicyclic) bond motifs is 2. The molecule has 2 saturated carbocycles. The smallest absolute Gasteiger partial charge is 0.0496 e. The predicted octanol–water partition coefficient (Wildman–Crippen LogP) is 4.72. The topological polar surface area (TPSA) is 9.23 Å². The summed E-state index contributed by atoms with van der Waals surface area (Å²) >= 11 is 0. The van der Waals surface area contributed by atoms with Crippen LogP contribution in [0.2, 0.25) is 0 Å². The standard InChI is InChI=1S/C9H15O.2C6H5.Sn.H2/c1-10-6-9-5-7-2-3-8(9)4-7;2*1-2-4-6-5-3-1;;/h5,7-9H,2-4,6H2,1H3;2*1-5H;;1H/t7-,8+,9+;;;;/m0..../s1. The maximum absolute atomic E-state index is 5.15. The molecule has 2 bridgehead atoms. The first-order valence-corrected chi connectivity index (χ1v) is 8.06. The van der Waals surface area contributed by atoms with Crippen molar-refractivity contribution in [3.63, 3.8) is 0 Å². The SMILES string of the molecule is COC[C@H]1[CH][C@H]2CC[C@@H]1C2.[HH].[Sn].[c]1ccccc1.[c]1ccccc1. The summed E-state index contributed by atoms with van der Waals surface area (Å²) < 4.78 is 5.15. The van der Waals surface area contributed by atoms with Crippen molar-refractivity contribution in [1.29, 1.82) is 0 Å². The molecule has 2 aromatic carbocycles. The zero-order valence-corrected chi connectivity index (χ0v) is 16.7. The van der Waals surface area contributed by atoms with Gasteiger partial charge in [0.15, 0.2) is 0 Å². The molecule has 0 spiro atoms. The van der Waals surface area contributed by atoms with Crippen molar-refractivity contribution in [2.75, 3.05) is 13.7 Å². The monoisotopic (exact) mass is 415 g/mol. The van der Waals surface area contributed by atoms with E-state index in [1.165, 1.54) is 19.3 Å². The molecule has 0 aliphatic heterocycles. The van der Waals surface area contributed by atoms with Crippen molar-refractivity contribution in [1.82, 2.24) is 0 Å². The van der Waals surface area contributed by atoms with E-state index < -0.39 is 0 Å². The second-order valence-corrected chi connectivity index (χ2v) is 5.80. The minimum Gasteiger partial charge on any atom is -0.384 e. The van der Waals surface area contributed by atoms with Crippen LogP contribution >= 0.6 is 0 Å². The van der Waals surface area contributed by atoms with Crippen LogP contribution in [0.4, 0.5) is 0 Å². The largest absolute Gasteiger partial charge is 0.384 e. The Morgan fingerprint density at radius 2 is 1.48 bits per heavy atom. The van der Waals surface area contributed by atoms with Crippen LogP contribution in [0.25, 0.3) is 0 Å². The molecule has 0 heterocycles. The van der Waals surface area contributed by atoms with Crippen molar-refractivity contribution in [2.45, 2.75) is 19.3 Å². The normalized spacial score (nSPS) is 23.6. The van der Waals surface area contributed by atoms with Gasteiger partial charge in [-0.25, -0.2) is 0 Å². The summed E-state index contributed by atoms with van der Waals surface area (Å²) in [4.78, 5) is 0. The van der Waals surface area contributed by atoms with E-state index in [0.717, 1.165) is 24.4 Å². The molecule has 1 nitrogen and oxygen atoms in total. The van der Waals surface area contributed by atoms with Gasteiger partial charge >= 0.3 is 0 Å². The molecule has 0 saturated heterocycles. The summed E-state index contributed by atoms with van der Waals surface area (Å²) in [5, 5.41) is 0. The van der Waals surface area contributed by atoms with Crippen LogP contribution in [0.3, 0.4) is 0 Å². The van der Waals surface area contributed by atoms with Gasteiger partial charge in [0, 0.05) is 39.1 Å². The third kappa shape index (κ3) is 8.03. The van der Waals surface area contributed by atoms with Crippen molar-refractivity contribution in [3.05, 3.63) is 79.2 Å². The number of ether oxygens (including phenoxy) is 1. The summed E-state index contributed by atoms with van der Waals surface area (Å²) in [6, 6.07) is 25.0. The molecule has 7 radical (unpaired) electrons. The summed E-state index contributed by atoms with van der Waals surface area (Å²) in [7, 11) is 1.81. The molecular formula is C21H27OSn. The second kappa shape index (κ2) is 12.6. The Kier molecular flexibility index (Phi) is 11.1. The third-order valence-corrected chi connectivity index (χ3v) is 4.21. The van der Waals surface area contributed by atoms with Gasteiger partial charge < -0.3 is 4.74 Å². The maximum atomic E-state index is 5.15. The maximum Gasteiger partial charge on any atom is 0.0496 e. The van der Waals surface area contributed by atoms with E-state index in [0.29, 0.717) is 0 Å². The first-order valence-electron chi connectivity index (χ1n) is 8.06. The molecule has 3 atom stereocenters. The van der Waals surface area contributed by atoms with Gasteiger partial charge in [0.1, 0.15) is 0 Å². The van der Waals surface area contributed by atoms with Gasteiger partial charge in [-0.2, -0.15) is 0 Å². The van der Waals surface area contributed by atoms with Crippen LogP contribution in [-0.2, 0) is 4.74 Å². The fraction of sp³-hybridized carbons (Fsp3) is 0.381. The fourth-order valence-corrected chi connectivity index (χ4v) is 3.19. The average molecular weight is 414 g/mol. The Hall–Kier alpha value is -0.801. The van der Waals surface area contributed by atoms with Crippen LogP contribution < -0.4 is 0 Å². The van der Waals surface area contributed by atoms with Crippen LogP contribution in [0.15, 0.2) is 60.7 Å². The molecule has 121 valence electrons. The summed E-state index contributed by atoms with van der Waals surface area (Å²) in [6.45, 7) is 0.959. The van der Waals surface area contributed by atoms with E-state index in [4.69, 9.17) is 4.74 Å². The Morgan fingerprint density at radius 3 is 1.74 bits per heavy atom. The predicted molar refractivity (Wildman–Crippen MR) is 98.9 cm³/mol. The molecule has 0 N–H and O–H groups in total. The van der Waals surface area contributed by atoms with E-state index in [2.05, 4.69) is 18.6 Å². The average Bonchev–Trinajstić information content (AvgIpc) is 3.23. The molecule has 2 aliphatic carbocycles. The molecule has 2 heteroatoms. The van der Waals surface area contributed by atoms with Crippen molar-refractivity contribution >= 4 is 23.9 Å². The van der Waals surface area contributed by atoms with E-state index in [1.807, 2.05) is 60.7 Å². The fourth-order valence-electron chi connectivity index (χ4n) is 3.19. The van der Waals surface area contributed by atoms with Gasteiger partial charge in [-0.05, 0) is 55.6 Å². The Morgan fingerprint density at radius 1 is 0.913 bits per heavy atom. The number of hydrogen-bond donors (Lipinski definition) is 0. The molecule has 0 amide bonds. The number of rotatable bonds is 2. The van der Waals surface area contributed by atoms with Gasteiger partial charge in [-0.1, -0.05) is 60.7 Å². The van der Waals surface area contributed by atoms with Crippen LogP contribution in [0.5, 0.6) is 0 Å². The molecule has 0 unspecified atom stereocenters. The Balaban J connectivity index is 0.000000334. The molecule has 2 aromatic rings. The minimum atomic E-state index is 0. The molecule has 0 aromatic heterocycles.